The van der Waals surface area contributed by atoms with E-state index in [-0.39, 0.29) is 12.2 Å². The van der Waals surface area contributed by atoms with Crippen molar-refractivity contribution in [3.05, 3.63) is 48.2 Å². The van der Waals surface area contributed by atoms with Crippen molar-refractivity contribution < 1.29 is 14.6 Å². The molecule has 0 saturated heterocycles. The van der Waals surface area contributed by atoms with Crippen molar-refractivity contribution in [2.45, 2.75) is 38.1 Å². The smallest absolute Gasteiger partial charge is 0.101 e. The number of ether oxygens (including phenoxy) is 2. The zero-order valence-electron chi connectivity index (χ0n) is 10.5. The maximum absolute atomic E-state index is 9.43. The molecule has 2 atom stereocenters. The molecule has 2 rings (SSSR count). The van der Waals surface area contributed by atoms with Crippen LogP contribution in [0.1, 0.15) is 24.8 Å². The molecule has 1 aromatic rings. The van der Waals surface area contributed by atoms with E-state index in [9.17, 15) is 5.11 Å². The third-order valence-electron chi connectivity index (χ3n) is 3.00. The summed E-state index contributed by atoms with van der Waals surface area (Å²) in [7, 11) is 0. The molecular weight excluding hydrogens is 228 g/mol. The van der Waals surface area contributed by atoms with Gasteiger partial charge in [-0.15, -0.1) is 0 Å². The second-order valence-electron chi connectivity index (χ2n) is 4.57. The Balaban J connectivity index is 1.55. The fourth-order valence-electron chi connectivity index (χ4n) is 2.01. The molecule has 0 radical (unpaired) electrons. The van der Waals surface area contributed by atoms with Gasteiger partial charge in [0.2, 0.25) is 0 Å². The second kappa shape index (κ2) is 7.19. The van der Waals surface area contributed by atoms with Crippen LogP contribution in [0.25, 0.3) is 0 Å². The molecule has 18 heavy (non-hydrogen) atoms. The minimum atomic E-state index is -0.353. The zero-order valence-corrected chi connectivity index (χ0v) is 10.5. The lowest BCUT2D eigenvalue weighted by Gasteiger charge is -2.22. The summed E-state index contributed by atoms with van der Waals surface area (Å²) in [4.78, 5) is 0. The Morgan fingerprint density at radius 3 is 2.89 bits per heavy atom. The van der Waals surface area contributed by atoms with E-state index in [1.807, 2.05) is 18.2 Å². The Morgan fingerprint density at radius 1 is 1.28 bits per heavy atom. The lowest BCUT2D eigenvalue weighted by molar-refractivity contribution is 0.0467. The molecule has 0 bridgehead atoms. The van der Waals surface area contributed by atoms with Crippen molar-refractivity contribution in [2.75, 3.05) is 6.61 Å². The number of hydrogen-bond donors (Lipinski definition) is 1. The molecule has 1 aliphatic heterocycles. The first kappa shape index (κ1) is 13.1. The third kappa shape index (κ3) is 4.51. The minimum absolute atomic E-state index is 0.130. The molecule has 3 heteroatoms. The standard InChI is InChI=1S/C15H20O3/c16-14-8-10-18-15(11-14)7-4-9-17-12-13-5-2-1-3-6-13/h1-3,5-6,8,10,14-16H,4,7,9,11-12H2/t14-,15-/m1/s1. The van der Waals surface area contributed by atoms with Crippen molar-refractivity contribution >= 4 is 0 Å². The Kier molecular flexibility index (Phi) is 5.24. The molecule has 0 spiro atoms. The zero-order chi connectivity index (χ0) is 12.6. The Hall–Kier alpha value is -1.32. The van der Waals surface area contributed by atoms with Crippen molar-refractivity contribution in [1.82, 2.24) is 0 Å². The Bertz CT molecular complexity index is 361. The van der Waals surface area contributed by atoms with Gasteiger partial charge in [-0.3, -0.25) is 0 Å². The first-order valence-corrected chi connectivity index (χ1v) is 6.46. The summed E-state index contributed by atoms with van der Waals surface area (Å²) in [6.07, 6.45) is 5.63. The van der Waals surface area contributed by atoms with Gasteiger partial charge < -0.3 is 14.6 Å². The molecule has 3 nitrogen and oxygen atoms in total. The molecule has 1 heterocycles. The van der Waals surface area contributed by atoms with Gasteiger partial charge >= 0.3 is 0 Å². The van der Waals surface area contributed by atoms with Crippen molar-refractivity contribution in [3.8, 4) is 0 Å². The molecule has 0 aliphatic carbocycles. The fraction of sp³-hybridized carbons (Fsp3) is 0.467. The van der Waals surface area contributed by atoms with E-state index in [2.05, 4.69) is 12.1 Å². The summed E-state index contributed by atoms with van der Waals surface area (Å²) in [5.74, 6) is 0. The molecule has 0 amide bonds. The SMILES string of the molecule is O[C@@H]1C=CO[C@H](CCCOCc2ccccc2)C1. The highest BCUT2D eigenvalue weighted by atomic mass is 16.5. The second-order valence-corrected chi connectivity index (χ2v) is 4.57. The number of rotatable bonds is 6. The average Bonchev–Trinajstić information content (AvgIpc) is 2.40. The average molecular weight is 248 g/mol. The first-order chi connectivity index (χ1) is 8.84. The summed E-state index contributed by atoms with van der Waals surface area (Å²) < 4.78 is 11.0. The number of aliphatic hydroxyl groups excluding tert-OH is 1. The third-order valence-corrected chi connectivity index (χ3v) is 3.00. The van der Waals surface area contributed by atoms with Crippen LogP contribution in [0.2, 0.25) is 0 Å². The van der Waals surface area contributed by atoms with Crippen LogP contribution in [0.3, 0.4) is 0 Å². The highest BCUT2D eigenvalue weighted by molar-refractivity contribution is 5.13. The van der Waals surface area contributed by atoms with Gasteiger partial charge in [0.1, 0.15) is 6.10 Å². The van der Waals surface area contributed by atoms with Crippen molar-refractivity contribution in [2.24, 2.45) is 0 Å². The summed E-state index contributed by atoms with van der Waals surface area (Å²) >= 11 is 0. The quantitative estimate of drug-likeness (QED) is 0.787. The maximum Gasteiger partial charge on any atom is 0.101 e. The molecule has 1 aromatic carbocycles. The van der Waals surface area contributed by atoms with E-state index in [1.54, 1.807) is 12.3 Å². The summed E-state index contributed by atoms with van der Waals surface area (Å²) in [6.45, 7) is 1.39. The van der Waals surface area contributed by atoms with E-state index in [4.69, 9.17) is 9.47 Å². The lowest BCUT2D eigenvalue weighted by Crippen LogP contribution is -2.22. The highest BCUT2D eigenvalue weighted by Crippen LogP contribution is 2.15. The van der Waals surface area contributed by atoms with Gasteiger partial charge in [-0.05, 0) is 24.5 Å². The monoisotopic (exact) mass is 248 g/mol. The topological polar surface area (TPSA) is 38.7 Å². The summed E-state index contributed by atoms with van der Waals surface area (Å²) in [6, 6.07) is 10.2. The van der Waals surface area contributed by atoms with E-state index >= 15 is 0 Å². The lowest BCUT2D eigenvalue weighted by atomic mass is 10.1. The van der Waals surface area contributed by atoms with Crippen LogP contribution in [-0.4, -0.2) is 23.9 Å². The van der Waals surface area contributed by atoms with E-state index < -0.39 is 0 Å². The van der Waals surface area contributed by atoms with Crippen LogP contribution in [0.5, 0.6) is 0 Å². The highest BCUT2D eigenvalue weighted by Gasteiger charge is 2.16. The van der Waals surface area contributed by atoms with Crippen LogP contribution in [0, 0.1) is 0 Å². The molecule has 0 saturated carbocycles. The number of aliphatic hydroxyl groups is 1. The van der Waals surface area contributed by atoms with Gasteiger partial charge in [-0.1, -0.05) is 30.3 Å². The van der Waals surface area contributed by atoms with Gasteiger partial charge in [0.25, 0.3) is 0 Å². The maximum atomic E-state index is 9.43. The number of benzene rings is 1. The van der Waals surface area contributed by atoms with Gasteiger partial charge in [-0.25, -0.2) is 0 Å². The first-order valence-electron chi connectivity index (χ1n) is 6.46. The Labute approximate surface area is 108 Å². The molecule has 0 fully saturated rings. The van der Waals surface area contributed by atoms with Crippen molar-refractivity contribution in [3.63, 3.8) is 0 Å². The van der Waals surface area contributed by atoms with Gasteiger partial charge in [0.15, 0.2) is 0 Å². The van der Waals surface area contributed by atoms with Gasteiger partial charge in [0, 0.05) is 13.0 Å². The minimum Gasteiger partial charge on any atom is -0.498 e. The normalized spacial score (nSPS) is 22.7. The van der Waals surface area contributed by atoms with Crippen LogP contribution >= 0.6 is 0 Å². The predicted octanol–water partition coefficient (Wildman–Crippen LogP) is 2.65. The molecular formula is C15H20O3. The largest absolute Gasteiger partial charge is 0.498 e. The van der Waals surface area contributed by atoms with E-state index in [0.29, 0.717) is 13.0 Å². The molecule has 0 aromatic heterocycles. The fourth-order valence-corrected chi connectivity index (χ4v) is 2.01. The van der Waals surface area contributed by atoms with Crippen LogP contribution in [-0.2, 0) is 16.1 Å². The van der Waals surface area contributed by atoms with E-state index in [0.717, 1.165) is 19.4 Å². The molecule has 98 valence electrons. The molecule has 0 unspecified atom stereocenters. The summed E-state index contributed by atoms with van der Waals surface area (Å²) in [5.41, 5.74) is 1.20. The molecule has 1 aliphatic rings. The number of hydrogen-bond acceptors (Lipinski definition) is 3. The van der Waals surface area contributed by atoms with Crippen molar-refractivity contribution in [1.29, 1.82) is 0 Å². The van der Waals surface area contributed by atoms with Crippen LogP contribution < -0.4 is 0 Å². The van der Waals surface area contributed by atoms with Gasteiger partial charge in [0.05, 0.1) is 19.0 Å². The van der Waals surface area contributed by atoms with Crippen LogP contribution in [0.4, 0.5) is 0 Å². The van der Waals surface area contributed by atoms with Crippen LogP contribution in [0.15, 0.2) is 42.7 Å². The Morgan fingerprint density at radius 2 is 2.11 bits per heavy atom. The predicted molar refractivity (Wildman–Crippen MR) is 70.0 cm³/mol. The molecule has 1 N–H and O–H groups in total. The van der Waals surface area contributed by atoms with Gasteiger partial charge in [-0.2, -0.15) is 0 Å². The summed E-state index contributed by atoms with van der Waals surface area (Å²) in [5, 5.41) is 9.43. The van der Waals surface area contributed by atoms with E-state index in [1.165, 1.54) is 5.56 Å².